The van der Waals surface area contributed by atoms with Crippen molar-refractivity contribution >= 4 is 47.5 Å². The number of aromatic nitrogens is 1. The zero-order valence-corrected chi connectivity index (χ0v) is 18.6. The lowest BCUT2D eigenvalue weighted by Crippen LogP contribution is -2.31. The first kappa shape index (κ1) is 19.6. The van der Waals surface area contributed by atoms with Crippen molar-refractivity contribution in [1.82, 2.24) is 9.29 Å². The van der Waals surface area contributed by atoms with Crippen LogP contribution in [0, 0.1) is 0 Å². The fourth-order valence-electron chi connectivity index (χ4n) is 3.47. The molecule has 1 aromatic heterocycles. The Labute approximate surface area is 176 Å². The molecule has 4 rings (SSSR count). The van der Waals surface area contributed by atoms with Gasteiger partial charge in [-0.05, 0) is 47.0 Å². The van der Waals surface area contributed by atoms with Crippen LogP contribution < -0.4 is 9.47 Å². The minimum absolute atomic E-state index is 0.165. The molecule has 0 N–H and O–H groups in total. The Hall–Kier alpha value is -1.68. The maximum absolute atomic E-state index is 13.5. The van der Waals surface area contributed by atoms with Crippen molar-refractivity contribution in [3.8, 4) is 11.5 Å². The van der Waals surface area contributed by atoms with Crippen molar-refractivity contribution in [1.29, 1.82) is 0 Å². The molecule has 0 bridgehead atoms. The predicted molar refractivity (Wildman–Crippen MR) is 113 cm³/mol. The average molecular weight is 483 g/mol. The third-order valence-electron chi connectivity index (χ3n) is 4.82. The van der Waals surface area contributed by atoms with Crippen LogP contribution in [0.4, 0.5) is 0 Å². The molecular formula is C19H19BrN2O4S2. The van der Waals surface area contributed by atoms with E-state index in [0.29, 0.717) is 22.5 Å². The normalized spacial score (nSPS) is 17.9. The number of fused-ring (bicyclic) bond motifs is 1. The molecule has 28 heavy (non-hydrogen) atoms. The second-order valence-corrected chi connectivity index (χ2v) is 10.2. The minimum Gasteiger partial charge on any atom is -0.493 e. The van der Waals surface area contributed by atoms with E-state index in [1.54, 1.807) is 21.7 Å². The number of ether oxygens (including phenoxy) is 2. The minimum atomic E-state index is -3.74. The highest BCUT2D eigenvalue weighted by Crippen LogP contribution is 2.43. The Bertz CT molecular complexity index is 1100. The van der Waals surface area contributed by atoms with Gasteiger partial charge < -0.3 is 9.47 Å². The summed E-state index contributed by atoms with van der Waals surface area (Å²) < 4.78 is 40.6. The summed E-state index contributed by atoms with van der Waals surface area (Å²) in [6.07, 6.45) is 1.55. The Morgan fingerprint density at radius 3 is 2.61 bits per heavy atom. The van der Waals surface area contributed by atoms with Crippen molar-refractivity contribution in [3.63, 3.8) is 0 Å². The third-order valence-corrected chi connectivity index (χ3v) is 8.83. The van der Waals surface area contributed by atoms with Crippen molar-refractivity contribution in [2.24, 2.45) is 0 Å². The molecule has 1 fully saturated rings. The van der Waals surface area contributed by atoms with Gasteiger partial charge in [-0.1, -0.05) is 12.1 Å². The quantitative estimate of drug-likeness (QED) is 0.531. The first-order valence-electron chi connectivity index (χ1n) is 8.74. The fourth-order valence-corrected chi connectivity index (χ4v) is 7.31. The number of hydrogen-bond donors (Lipinski definition) is 0. The molecular weight excluding hydrogens is 464 g/mol. The summed E-state index contributed by atoms with van der Waals surface area (Å²) in [5, 5.41) is 0.832. The Balaban J connectivity index is 1.76. The van der Waals surface area contributed by atoms with Gasteiger partial charge in [0.2, 0.25) is 10.0 Å². The van der Waals surface area contributed by atoms with Gasteiger partial charge in [0.05, 0.1) is 30.5 Å². The Morgan fingerprint density at radius 2 is 1.89 bits per heavy atom. The largest absolute Gasteiger partial charge is 0.493 e. The molecule has 6 nitrogen and oxygen atoms in total. The van der Waals surface area contributed by atoms with Crippen molar-refractivity contribution in [3.05, 3.63) is 45.9 Å². The van der Waals surface area contributed by atoms with E-state index in [1.807, 2.05) is 24.3 Å². The van der Waals surface area contributed by atoms with Crippen LogP contribution in [0.15, 0.2) is 45.8 Å². The number of sulfonamides is 1. The van der Waals surface area contributed by atoms with Crippen molar-refractivity contribution in [2.75, 3.05) is 20.8 Å². The average Bonchev–Trinajstić information content (AvgIpc) is 3.34. The molecule has 0 unspecified atom stereocenters. The summed E-state index contributed by atoms with van der Waals surface area (Å²) in [5.41, 5.74) is 0.902. The SMILES string of the molecule is COc1cc(Br)c(S(=O)(=O)N2CCC[C@@H]2c2nc3ccccc3s2)cc1OC. The molecule has 2 heterocycles. The van der Waals surface area contributed by atoms with Gasteiger partial charge in [0, 0.05) is 17.1 Å². The van der Waals surface area contributed by atoms with Crippen molar-refractivity contribution < 1.29 is 17.9 Å². The highest BCUT2D eigenvalue weighted by Gasteiger charge is 2.39. The van der Waals surface area contributed by atoms with Crippen LogP contribution in [-0.2, 0) is 10.0 Å². The van der Waals surface area contributed by atoms with Gasteiger partial charge in [0.1, 0.15) is 9.90 Å². The first-order chi connectivity index (χ1) is 13.5. The fraction of sp³-hybridized carbons (Fsp3) is 0.316. The molecule has 1 atom stereocenters. The van der Waals surface area contributed by atoms with E-state index in [1.165, 1.54) is 20.3 Å². The number of nitrogens with zero attached hydrogens (tertiary/aromatic N) is 2. The monoisotopic (exact) mass is 482 g/mol. The van der Waals surface area contributed by atoms with E-state index >= 15 is 0 Å². The molecule has 2 aromatic carbocycles. The molecule has 1 saturated heterocycles. The van der Waals surface area contributed by atoms with E-state index in [2.05, 4.69) is 15.9 Å². The van der Waals surface area contributed by atoms with Crippen LogP contribution in [0.1, 0.15) is 23.9 Å². The lowest BCUT2D eigenvalue weighted by Gasteiger charge is -2.23. The molecule has 1 aliphatic heterocycles. The van der Waals surface area contributed by atoms with Crippen LogP contribution in [0.2, 0.25) is 0 Å². The number of halogens is 1. The smallest absolute Gasteiger partial charge is 0.244 e. The van der Waals surface area contributed by atoms with Crippen LogP contribution in [0.25, 0.3) is 10.2 Å². The van der Waals surface area contributed by atoms with Gasteiger partial charge in [-0.25, -0.2) is 13.4 Å². The van der Waals surface area contributed by atoms with Gasteiger partial charge in [0.15, 0.2) is 11.5 Å². The van der Waals surface area contributed by atoms with E-state index in [4.69, 9.17) is 14.5 Å². The molecule has 3 aromatic rings. The highest BCUT2D eigenvalue weighted by molar-refractivity contribution is 9.10. The van der Waals surface area contributed by atoms with Crippen LogP contribution in [-0.4, -0.2) is 38.5 Å². The summed E-state index contributed by atoms with van der Waals surface area (Å²) in [5.74, 6) is 0.845. The van der Waals surface area contributed by atoms with Gasteiger partial charge in [-0.3, -0.25) is 0 Å². The van der Waals surface area contributed by atoms with Crippen molar-refractivity contribution in [2.45, 2.75) is 23.8 Å². The van der Waals surface area contributed by atoms with Gasteiger partial charge in [-0.15, -0.1) is 11.3 Å². The number of benzene rings is 2. The van der Waals surface area contributed by atoms with E-state index in [9.17, 15) is 8.42 Å². The summed E-state index contributed by atoms with van der Waals surface area (Å²) >= 11 is 4.94. The van der Waals surface area contributed by atoms with Crippen LogP contribution in [0.5, 0.6) is 11.5 Å². The van der Waals surface area contributed by atoms with E-state index in [0.717, 1.165) is 28.1 Å². The maximum atomic E-state index is 13.5. The second-order valence-electron chi connectivity index (χ2n) is 6.43. The molecule has 148 valence electrons. The number of rotatable bonds is 5. The van der Waals surface area contributed by atoms with Gasteiger partial charge in [0.25, 0.3) is 0 Å². The maximum Gasteiger partial charge on any atom is 0.244 e. The highest BCUT2D eigenvalue weighted by atomic mass is 79.9. The second kappa shape index (κ2) is 7.62. The molecule has 0 spiro atoms. The Morgan fingerprint density at radius 1 is 1.18 bits per heavy atom. The van der Waals surface area contributed by atoms with E-state index in [-0.39, 0.29) is 10.9 Å². The number of methoxy groups -OCH3 is 2. The third kappa shape index (κ3) is 3.30. The van der Waals surface area contributed by atoms with Gasteiger partial charge >= 0.3 is 0 Å². The number of hydrogen-bond acceptors (Lipinski definition) is 6. The number of para-hydroxylation sites is 1. The summed E-state index contributed by atoms with van der Waals surface area (Å²) in [7, 11) is -0.740. The first-order valence-corrected chi connectivity index (χ1v) is 11.8. The van der Waals surface area contributed by atoms with E-state index < -0.39 is 10.0 Å². The predicted octanol–water partition coefficient (Wildman–Crippen LogP) is 4.60. The summed E-state index contributed by atoms with van der Waals surface area (Å²) in [6.45, 7) is 0.462. The molecule has 1 aliphatic rings. The molecule has 0 saturated carbocycles. The Kier molecular flexibility index (Phi) is 5.34. The standard InChI is InChI=1S/C19H19BrN2O4S2/c1-25-15-10-12(20)18(11-16(15)26-2)28(23,24)22-9-5-7-14(22)19-21-13-6-3-4-8-17(13)27-19/h3-4,6,8,10-11,14H,5,7,9H2,1-2H3/t14-/m1/s1. The zero-order chi connectivity index (χ0) is 19.9. The van der Waals surface area contributed by atoms with Gasteiger partial charge in [-0.2, -0.15) is 4.31 Å². The molecule has 9 heteroatoms. The topological polar surface area (TPSA) is 68.7 Å². The lowest BCUT2D eigenvalue weighted by atomic mass is 10.2. The molecule has 0 aliphatic carbocycles. The summed E-state index contributed by atoms with van der Waals surface area (Å²) in [6, 6.07) is 10.7. The lowest BCUT2D eigenvalue weighted by molar-refractivity contribution is 0.352. The van der Waals surface area contributed by atoms with Crippen LogP contribution in [0.3, 0.4) is 0 Å². The molecule has 0 amide bonds. The number of thiazole rings is 1. The zero-order valence-electron chi connectivity index (χ0n) is 15.4. The van der Waals surface area contributed by atoms with Crippen LogP contribution >= 0.6 is 27.3 Å². The molecule has 0 radical (unpaired) electrons. The summed E-state index contributed by atoms with van der Waals surface area (Å²) in [4.78, 5) is 4.86.